The third-order valence-corrected chi connectivity index (χ3v) is 6.57. The zero-order valence-corrected chi connectivity index (χ0v) is 17.1. The maximum atomic E-state index is 13.3. The maximum absolute atomic E-state index is 13.3. The molecule has 0 aliphatic heterocycles. The van der Waals surface area contributed by atoms with Gasteiger partial charge >= 0.3 is 5.97 Å². The maximum Gasteiger partial charge on any atom is 0.308 e. The summed E-state index contributed by atoms with van der Waals surface area (Å²) in [5.74, 6) is -0.289. The predicted molar refractivity (Wildman–Crippen MR) is 102 cm³/mol. The van der Waals surface area contributed by atoms with E-state index in [-0.39, 0.29) is 29.3 Å². The summed E-state index contributed by atoms with van der Waals surface area (Å²) in [5.41, 5.74) is 2.05. The van der Waals surface area contributed by atoms with Gasteiger partial charge < -0.3 is 4.74 Å². The zero-order valence-electron chi connectivity index (χ0n) is 17.1. The lowest BCUT2D eigenvalue weighted by atomic mass is 9.53. The molecule has 1 saturated carbocycles. The number of carbonyl (C=O) groups is 2. The van der Waals surface area contributed by atoms with Crippen LogP contribution in [0, 0.1) is 23.7 Å². The highest BCUT2D eigenvalue weighted by atomic mass is 17.1. The molecule has 0 aromatic carbocycles. The Kier molecular flexibility index (Phi) is 5.21. The van der Waals surface area contributed by atoms with Crippen molar-refractivity contribution in [3.63, 3.8) is 0 Å². The van der Waals surface area contributed by atoms with Gasteiger partial charge in [0.1, 0.15) is 0 Å². The minimum absolute atomic E-state index is 0.0181. The number of allylic oxidation sites excluding steroid dienone is 2. The summed E-state index contributed by atoms with van der Waals surface area (Å²) >= 11 is 0. The van der Waals surface area contributed by atoms with E-state index in [1.807, 2.05) is 20.8 Å². The molecule has 148 valence electrons. The number of rotatable bonds is 3. The molecule has 1 fully saturated rings. The summed E-state index contributed by atoms with van der Waals surface area (Å²) in [4.78, 5) is 30.3. The minimum atomic E-state index is -1.14. The minimum Gasteiger partial charge on any atom is -0.422 e. The largest absolute Gasteiger partial charge is 0.422 e. The molecule has 0 heterocycles. The Morgan fingerprint density at radius 3 is 2.44 bits per heavy atom. The first-order chi connectivity index (χ1) is 12.6. The smallest absolute Gasteiger partial charge is 0.308 e. The fourth-order valence-electron chi connectivity index (χ4n) is 5.49. The van der Waals surface area contributed by atoms with E-state index in [4.69, 9.17) is 9.62 Å². The van der Waals surface area contributed by atoms with Crippen LogP contribution in [-0.4, -0.2) is 22.6 Å². The lowest BCUT2D eigenvalue weighted by molar-refractivity contribution is -0.317. The third-order valence-electron chi connectivity index (χ3n) is 6.57. The van der Waals surface area contributed by atoms with E-state index < -0.39 is 11.6 Å². The predicted octanol–water partition coefficient (Wildman–Crippen LogP) is 4.60. The molecule has 0 amide bonds. The molecule has 5 atom stereocenters. The van der Waals surface area contributed by atoms with Crippen molar-refractivity contribution in [2.45, 2.75) is 66.4 Å². The molecule has 3 aliphatic carbocycles. The van der Waals surface area contributed by atoms with Crippen LogP contribution >= 0.6 is 0 Å². The molecular weight excluding hydrogens is 344 g/mol. The number of hydrogen-bond acceptors (Lipinski definition) is 5. The molecule has 3 aliphatic rings. The number of Topliss-reactive ketones (excluding diaryl/α,β-unsaturated/α-hetero) is 1. The van der Waals surface area contributed by atoms with Crippen LogP contribution < -0.4 is 0 Å². The molecule has 0 aromatic heterocycles. The van der Waals surface area contributed by atoms with E-state index >= 15 is 0 Å². The van der Waals surface area contributed by atoms with Crippen molar-refractivity contribution in [1.29, 1.82) is 0 Å². The van der Waals surface area contributed by atoms with Crippen molar-refractivity contribution in [2.75, 3.05) is 0 Å². The van der Waals surface area contributed by atoms with E-state index in [9.17, 15) is 14.8 Å². The Morgan fingerprint density at radius 1 is 1.22 bits per heavy atom. The van der Waals surface area contributed by atoms with Crippen LogP contribution in [0.4, 0.5) is 0 Å². The highest BCUT2D eigenvalue weighted by Crippen LogP contribution is 2.59. The Hall–Kier alpha value is -1.72. The van der Waals surface area contributed by atoms with Crippen LogP contribution in [-0.2, 0) is 19.2 Å². The van der Waals surface area contributed by atoms with Gasteiger partial charge in [-0.25, -0.2) is 4.89 Å². The molecule has 3 rings (SSSR count). The average Bonchev–Trinajstić information content (AvgIpc) is 2.58. The van der Waals surface area contributed by atoms with E-state index in [1.54, 1.807) is 6.92 Å². The van der Waals surface area contributed by atoms with Gasteiger partial charge in [-0.1, -0.05) is 25.5 Å². The molecule has 0 radical (unpaired) electrons. The SMILES string of the molecule is CC(=O)OC1=C(C)C2(OO)C3=C(C1=O)C(C)CCC3C(C)CC2C=C(C)C. The normalized spacial score (nSPS) is 35.7. The second kappa shape index (κ2) is 7.02. The standard InChI is InChI=1S/C22H30O5/c1-11(2)9-16-10-13(4)17-8-7-12(3)18-19(17)22(16,27-25)14(5)21(20(18)24)26-15(6)23/h9,12-13,16-17,25H,7-8,10H2,1-6H3. The number of esters is 1. The lowest BCUT2D eigenvalue weighted by Gasteiger charge is -2.54. The van der Waals surface area contributed by atoms with Crippen molar-refractivity contribution in [1.82, 2.24) is 0 Å². The first-order valence-electron chi connectivity index (χ1n) is 9.81. The monoisotopic (exact) mass is 374 g/mol. The van der Waals surface area contributed by atoms with E-state index in [2.05, 4.69) is 13.0 Å². The van der Waals surface area contributed by atoms with Gasteiger partial charge in [-0.3, -0.25) is 14.8 Å². The van der Waals surface area contributed by atoms with Gasteiger partial charge in [0.05, 0.1) is 0 Å². The molecule has 0 spiro atoms. The van der Waals surface area contributed by atoms with Gasteiger partial charge in [-0.15, -0.1) is 0 Å². The molecule has 5 nitrogen and oxygen atoms in total. The Labute approximate surface area is 161 Å². The van der Waals surface area contributed by atoms with E-state index in [1.165, 1.54) is 6.92 Å². The summed E-state index contributed by atoms with van der Waals surface area (Å²) in [6.07, 6.45) is 4.82. The molecule has 0 bridgehead atoms. The molecule has 1 N–H and O–H groups in total. The van der Waals surface area contributed by atoms with Crippen LogP contribution in [0.3, 0.4) is 0 Å². The van der Waals surface area contributed by atoms with Gasteiger partial charge in [-0.05, 0) is 63.4 Å². The number of ether oxygens (including phenoxy) is 1. The average molecular weight is 374 g/mol. The fraction of sp³-hybridized carbons (Fsp3) is 0.636. The molecule has 0 saturated heterocycles. The summed E-state index contributed by atoms with van der Waals surface area (Å²) in [7, 11) is 0. The van der Waals surface area contributed by atoms with Crippen LogP contribution in [0.2, 0.25) is 0 Å². The topological polar surface area (TPSA) is 72.8 Å². The van der Waals surface area contributed by atoms with Crippen molar-refractivity contribution >= 4 is 11.8 Å². The number of ketones is 1. The Balaban J connectivity index is 2.34. The molecule has 0 aromatic rings. The van der Waals surface area contributed by atoms with Gasteiger partial charge in [0.2, 0.25) is 5.78 Å². The van der Waals surface area contributed by atoms with E-state index in [0.29, 0.717) is 17.1 Å². The second-order valence-corrected chi connectivity index (χ2v) is 8.68. The van der Waals surface area contributed by atoms with Crippen molar-refractivity contribution in [3.8, 4) is 0 Å². The lowest BCUT2D eigenvalue weighted by Crippen LogP contribution is -2.55. The quantitative estimate of drug-likeness (QED) is 0.338. The van der Waals surface area contributed by atoms with Crippen LogP contribution in [0.5, 0.6) is 0 Å². The van der Waals surface area contributed by atoms with Crippen LogP contribution in [0.1, 0.15) is 60.8 Å². The second-order valence-electron chi connectivity index (χ2n) is 8.68. The Bertz CT molecular complexity index is 768. The summed E-state index contributed by atoms with van der Waals surface area (Å²) in [5, 5.41) is 10.2. The molecule has 27 heavy (non-hydrogen) atoms. The molecule has 5 heteroatoms. The molecule has 5 unspecified atom stereocenters. The third kappa shape index (κ3) is 2.92. The number of carbonyl (C=O) groups excluding carboxylic acids is 2. The van der Waals surface area contributed by atoms with Gasteiger partial charge in [0, 0.05) is 24.0 Å². The first kappa shape index (κ1) is 20.0. The van der Waals surface area contributed by atoms with Gasteiger partial charge in [-0.2, -0.15) is 0 Å². The summed E-state index contributed by atoms with van der Waals surface area (Å²) in [6, 6.07) is 0. The van der Waals surface area contributed by atoms with Crippen LogP contribution in [0.15, 0.2) is 34.1 Å². The van der Waals surface area contributed by atoms with Crippen molar-refractivity contribution < 1.29 is 24.5 Å². The Morgan fingerprint density at radius 2 is 1.89 bits per heavy atom. The molecular formula is C22H30O5. The van der Waals surface area contributed by atoms with Crippen LogP contribution in [0.25, 0.3) is 0 Å². The van der Waals surface area contributed by atoms with Crippen molar-refractivity contribution in [2.24, 2.45) is 23.7 Å². The first-order valence-corrected chi connectivity index (χ1v) is 9.81. The summed E-state index contributed by atoms with van der Waals surface area (Å²) in [6.45, 7) is 11.3. The number of hydrogen-bond donors (Lipinski definition) is 1. The highest BCUT2D eigenvalue weighted by Gasteiger charge is 2.59. The highest BCUT2D eigenvalue weighted by molar-refractivity contribution is 6.11. The fourth-order valence-corrected chi connectivity index (χ4v) is 5.49. The van der Waals surface area contributed by atoms with Crippen molar-refractivity contribution in [3.05, 3.63) is 34.1 Å². The zero-order chi connectivity index (χ0) is 20.1. The summed E-state index contributed by atoms with van der Waals surface area (Å²) < 4.78 is 5.36. The van der Waals surface area contributed by atoms with Gasteiger partial charge in [0.25, 0.3) is 0 Å². The van der Waals surface area contributed by atoms with Gasteiger partial charge in [0.15, 0.2) is 11.4 Å². The van der Waals surface area contributed by atoms with E-state index in [0.717, 1.165) is 30.4 Å².